The summed E-state index contributed by atoms with van der Waals surface area (Å²) in [7, 11) is 0. The number of aryl methyl sites for hydroxylation is 1. The maximum atomic E-state index is 13.1. The van der Waals surface area contributed by atoms with E-state index in [1.54, 1.807) is 0 Å². The van der Waals surface area contributed by atoms with Crippen molar-refractivity contribution in [3.05, 3.63) is 65.6 Å². The number of fused-ring (bicyclic) bond motifs is 2. The van der Waals surface area contributed by atoms with Crippen LogP contribution in [0, 0.1) is 24.2 Å². The first-order chi connectivity index (χ1) is 15.8. The summed E-state index contributed by atoms with van der Waals surface area (Å²) < 4.78 is 11.8. The lowest BCUT2D eigenvalue weighted by Gasteiger charge is -2.18. The molecule has 0 bridgehead atoms. The molecule has 4 atom stereocenters. The number of H-pyrrole nitrogens is 1. The minimum Gasteiger partial charge on any atom is -0.356 e. The van der Waals surface area contributed by atoms with Gasteiger partial charge in [-0.25, -0.2) is 4.39 Å². The molecule has 2 fully saturated rings. The molecule has 0 aliphatic heterocycles. The molecule has 3 aliphatic carbocycles. The molecule has 4 unspecified atom stereocenters. The number of Topliss-reactive ketones (excluding diaryl/α,β-unsaturated/α-hetero) is 2. The molecule has 6 heteroatoms. The van der Waals surface area contributed by atoms with Crippen LogP contribution in [0.1, 0.15) is 48.4 Å². The molecule has 0 amide bonds. The van der Waals surface area contributed by atoms with Crippen molar-refractivity contribution >= 4 is 22.9 Å². The summed E-state index contributed by atoms with van der Waals surface area (Å²) in [5.41, 5.74) is 6.92. The van der Waals surface area contributed by atoms with Gasteiger partial charge in [0.1, 0.15) is 12.0 Å². The molecular weight excluding hydrogens is 417 g/mol. The third kappa shape index (κ3) is 4.10. The van der Waals surface area contributed by atoms with Crippen LogP contribution in [0.25, 0.3) is 11.3 Å². The lowest BCUT2D eigenvalue weighted by atomic mass is 9.87. The van der Waals surface area contributed by atoms with E-state index in [0.717, 1.165) is 52.4 Å². The van der Waals surface area contributed by atoms with Crippen LogP contribution in [0.2, 0.25) is 0 Å². The molecule has 3 aliphatic rings. The monoisotopic (exact) mass is 445 g/mol. The zero-order valence-electron chi connectivity index (χ0n) is 19.1. The van der Waals surface area contributed by atoms with E-state index in [2.05, 4.69) is 28.3 Å². The number of anilines is 2. The highest BCUT2D eigenvalue weighted by Gasteiger charge is 2.58. The average Bonchev–Trinajstić information content (AvgIpc) is 3.65. The molecule has 1 aromatic carbocycles. The number of aromatic amines is 1. The number of aromatic nitrogens is 2. The maximum absolute atomic E-state index is 13.1. The first kappa shape index (κ1) is 21.6. The van der Waals surface area contributed by atoms with E-state index in [0.29, 0.717) is 6.42 Å². The third-order valence-electron chi connectivity index (χ3n) is 7.04. The fourth-order valence-electron chi connectivity index (χ4n) is 4.84. The minimum absolute atomic E-state index is 0.00694. The Labute approximate surface area is 192 Å². The summed E-state index contributed by atoms with van der Waals surface area (Å²) in [6, 6.07) is 14.1. The number of nitrogens with zero attached hydrogens (tertiary/aromatic N) is 1. The normalized spacial score (nSPS) is 26.4. The Morgan fingerprint density at radius 1 is 1.24 bits per heavy atom. The standard InChI is InChI=1S/C22H21N3O.C5H7FO/c1-13-10-14(8-9-23-13)19-20(24-15-6-4-3-5-7-15)18-17(25-19)12-22(2)11-16(22)21(18)26;1-3(7)4-2-5(4)6/h3-10,16,24-25H,11-12H2,1-2H3;4-5H,2H2,1H3. The van der Waals surface area contributed by atoms with Crippen molar-refractivity contribution in [1.82, 2.24) is 9.97 Å². The predicted octanol–water partition coefficient (Wildman–Crippen LogP) is 5.83. The van der Waals surface area contributed by atoms with Gasteiger partial charge in [0.2, 0.25) is 0 Å². The van der Waals surface area contributed by atoms with Gasteiger partial charge in [-0.15, -0.1) is 0 Å². The minimum atomic E-state index is -0.808. The van der Waals surface area contributed by atoms with Crippen molar-refractivity contribution in [3.8, 4) is 11.3 Å². The molecule has 2 saturated carbocycles. The van der Waals surface area contributed by atoms with E-state index in [-0.39, 0.29) is 28.8 Å². The van der Waals surface area contributed by atoms with Crippen LogP contribution in [-0.4, -0.2) is 27.7 Å². The number of nitrogens with one attached hydrogen (secondary N) is 2. The number of hydrogen-bond acceptors (Lipinski definition) is 4. The molecule has 33 heavy (non-hydrogen) atoms. The number of benzene rings is 1. The van der Waals surface area contributed by atoms with Gasteiger partial charge in [0, 0.05) is 34.8 Å². The predicted molar refractivity (Wildman–Crippen MR) is 126 cm³/mol. The summed E-state index contributed by atoms with van der Waals surface area (Å²) >= 11 is 0. The third-order valence-corrected chi connectivity index (χ3v) is 7.04. The van der Waals surface area contributed by atoms with Crippen LogP contribution < -0.4 is 5.32 Å². The van der Waals surface area contributed by atoms with E-state index in [9.17, 15) is 14.0 Å². The SMILES string of the molecule is CC(=O)C1CC1F.Cc1cc(-c2[nH]c3c(c2Nc2ccccc2)C(=O)C2CC2(C)C3)ccn1. The van der Waals surface area contributed by atoms with Gasteiger partial charge in [0.05, 0.1) is 22.9 Å². The van der Waals surface area contributed by atoms with Gasteiger partial charge in [0.15, 0.2) is 5.78 Å². The quantitative estimate of drug-likeness (QED) is 0.530. The van der Waals surface area contributed by atoms with Crippen LogP contribution in [0.15, 0.2) is 48.7 Å². The summed E-state index contributed by atoms with van der Waals surface area (Å²) in [6.07, 6.45) is 3.42. The fourth-order valence-corrected chi connectivity index (χ4v) is 4.84. The van der Waals surface area contributed by atoms with Gasteiger partial charge in [-0.2, -0.15) is 0 Å². The second-order valence-corrected chi connectivity index (χ2v) is 9.83. The zero-order chi connectivity index (χ0) is 23.3. The molecule has 0 spiro atoms. The van der Waals surface area contributed by atoms with Gasteiger partial charge in [-0.1, -0.05) is 25.1 Å². The number of halogens is 1. The number of carbonyl (C=O) groups is 2. The zero-order valence-corrected chi connectivity index (χ0v) is 19.1. The van der Waals surface area contributed by atoms with Gasteiger partial charge >= 0.3 is 0 Å². The number of pyridine rings is 1. The van der Waals surface area contributed by atoms with Crippen molar-refractivity contribution in [2.24, 2.45) is 17.3 Å². The largest absolute Gasteiger partial charge is 0.356 e. The summed E-state index contributed by atoms with van der Waals surface area (Å²) in [6.45, 7) is 5.64. The second kappa shape index (κ2) is 7.94. The molecule has 2 heterocycles. The van der Waals surface area contributed by atoms with Gasteiger partial charge < -0.3 is 10.3 Å². The number of alkyl halides is 1. The highest BCUT2D eigenvalue weighted by atomic mass is 19.1. The van der Waals surface area contributed by atoms with Gasteiger partial charge in [-0.3, -0.25) is 14.6 Å². The Hall–Kier alpha value is -3.28. The highest BCUT2D eigenvalue weighted by Crippen LogP contribution is 2.60. The van der Waals surface area contributed by atoms with Gasteiger partial charge in [-0.05, 0) is 62.8 Å². The average molecular weight is 446 g/mol. The van der Waals surface area contributed by atoms with Gasteiger partial charge in [0.25, 0.3) is 0 Å². The number of hydrogen-bond donors (Lipinski definition) is 2. The first-order valence-electron chi connectivity index (χ1n) is 11.5. The van der Waals surface area contributed by atoms with Crippen LogP contribution in [-0.2, 0) is 11.2 Å². The van der Waals surface area contributed by atoms with Crippen molar-refractivity contribution in [3.63, 3.8) is 0 Å². The lowest BCUT2D eigenvalue weighted by Crippen LogP contribution is -2.19. The van der Waals surface area contributed by atoms with E-state index in [1.807, 2.05) is 49.5 Å². The highest BCUT2D eigenvalue weighted by molar-refractivity contribution is 6.10. The summed E-state index contributed by atoms with van der Waals surface area (Å²) in [4.78, 5) is 31.2. The second-order valence-electron chi connectivity index (χ2n) is 9.83. The van der Waals surface area contributed by atoms with Crippen LogP contribution >= 0.6 is 0 Å². The Kier molecular flexibility index (Phi) is 5.19. The van der Waals surface area contributed by atoms with E-state index in [4.69, 9.17) is 0 Å². The van der Waals surface area contributed by atoms with E-state index >= 15 is 0 Å². The Bertz CT molecular complexity index is 1240. The number of para-hydroxylation sites is 1. The molecule has 0 radical (unpaired) electrons. The van der Waals surface area contributed by atoms with Crippen LogP contribution in [0.4, 0.5) is 15.8 Å². The van der Waals surface area contributed by atoms with E-state index < -0.39 is 6.17 Å². The molecule has 3 aromatic rings. The van der Waals surface area contributed by atoms with E-state index in [1.165, 1.54) is 6.92 Å². The topological polar surface area (TPSA) is 74.8 Å². The number of ketones is 2. The Morgan fingerprint density at radius 2 is 1.97 bits per heavy atom. The Morgan fingerprint density at radius 3 is 2.58 bits per heavy atom. The summed E-state index contributed by atoms with van der Waals surface area (Å²) in [5.74, 6) is 0.210. The molecule has 2 N–H and O–H groups in total. The fraction of sp³-hybridized carbons (Fsp3) is 0.370. The van der Waals surface area contributed by atoms with Crippen LogP contribution in [0.3, 0.4) is 0 Å². The summed E-state index contributed by atoms with van der Waals surface area (Å²) in [5, 5.41) is 3.51. The first-order valence-corrected chi connectivity index (χ1v) is 11.5. The molecular formula is C27H28FN3O2. The van der Waals surface area contributed by atoms with Crippen LogP contribution in [0.5, 0.6) is 0 Å². The molecule has 5 nitrogen and oxygen atoms in total. The number of rotatable bonds is 4. The van der Waals surface area contributed by atoms with Crippen molar-refractivity contribution in [2.75, 3.05) is 5.32 Å². The van der Waals surface area contributed by atoms with Crippen molar-refractivity contribution in [1.29, 1.82) is 0 Å². The lowest BCUT2D eigenvalue weighted by molar-refractivity contribution is -0.118. The molecule has 0 saturated heterocycles. The molecule has 2 aromatic heterocycles. The smallest absolute Gasteiger partial charge is 0.170 e. The molecule has 170 valence electrons. The molecule has 6 rings (SSSR count). The Balaban J connectivity index is 0.000000281. The number of carbonyl (C=O) groups excluding carboxylic acids is 2. The van der Waals surface area contributed by atoms with Crippen molar-refractivity contribution in [2.45, 2.75) is 46.2 Å². The van der Waals surface area contributed by atoms with Crippen molar-refractivity contribution < 1.29 is 14.0 Å². The maximum Gasteiger partial charge on any atom is 0.170 e.